The first kappa shape index (κ1) is 18.8. The average molecular weight is 327 g/mol. The van der Waals surface area contributed by atoms with E-state index < -0.39 is 0 Å². The molecule has 0 heterocycles. The van der Waals surface area contributed by atoms with E-state index in [1.54, 1.807) is 0 Å². The van der Waals surface area contributed by atoms with Crippen LogP contribution in [0, 0.1) is 19.3 Å². The number of nitrogens with two attached hydrogens (primary N) is 1. The zero-order chi connectivity index (χ0) is 15.5. The van der Waals surface area contributed by atoms with Crippen LogP contribution in [-0.4, -0.2) is 17.6 Å². The van der Waals surface area contributed by atoms with Crippen molar-refractivity contribution in [1.29, 1.82) is 0 Å². The van der Waals surface area contributed by atoms with Gasteiger partial charge in [0.25, 0.3) is 0 Å². The number of nitrogens with one attached hydrogen (secondary N) is 1. The van der Waals surface area contributed by atoms with Crippen LogP contribution in [0.1, 0.15) is 49.7 Å². The van der Waals surface area contributed by atoms with Crippen molar-refractivity contribution < 1.29 is 9.90 Å². The van der Waals surface area contributed by atoms with Crippen LogP contribution in [0.25, 0.3) is 0 Å². The molecule has 0 aliphatic heterocycles. The summed E-state index contributed by atoms with van der Waals surface area (Å²) in [7, 11) is 0. The maximum Gasteiger partial charge on any atom is 0.224 e. The zero-order valence-electron chi connectivity index (χ0n) is 13.4. The molecule has 5 heteroatoms. The van der Waals surface area contributed by atoms with Crippen molar-refractivity contribution in [1.82, 2.24) is 0 Å². The molecule has 0 aromatic heterocycles. The molecule has 0 unspecified atom stereocenters. The van der Waals surface area contributed by atoms with E-state index >= 15 is 0 Å². The zero-order valence-corrected chi connectivity index (χ0v) is 14.3. The molecule has 1 fully saturated rings. The molecule has 1 aromatic rings. The van der Waals surface area contributed by atoms with Crippen molar-refractivity contribution in [3.05, 3.63) is 23.3 Å². The summed E-state index contributed by atoms with van der Waals surface area (Å²) in [6, 6.07) is 3.66. The van der Waals surface area contributed by atoms with Crippen molar-refractivity contribution in [2.24, 2.45) is 11.1 Å². The minimum absolute atomic E-state index is 0. The lowest BCUT2D eigenvalue weighted by molar-refractivity contribution is -0.118. The minimum Gasteiger partial charge on any atom is -0.507 e. The molecule has 0 atom stereocenters. The molecule has 124 valence electrons. The normalized spacial score (nSPS) is 16.7. The number of hydrogen-bond donors (Lipinski definition) is 3. The molecule has 4 N–H and O–H groups in total. The van der Waals surface area contributed by atoms with Crippen LogP contribution in [0.5, 0.6) is 5.75 Å². The van der Waals surface area contributed by atoms with Crippen LogP contribution in [0.2, 0.25) is 0 Å². The molecular formula is C17H27ClN2O2. The fourth-order valence-corrected chi connectivity index (χ4v) is 3.26. The molecule has 22 heavy (non-hydrogen) atoms. The van der Waals surface area contributed by atoms with Gasteiger partial charge >= 0.3 is 0 Å². The number of phenols is 1. The SMILES string of the molecule is Cc1ccc(NC(=O)CC2(CN)CCCCC2)c(C)c1O.Cl. The third kappa shape index (κ3) is 4.14. The van der Waals surface area contributed by atoms with E-state index in [-0.39, 0.29) is 29.5 Å². The van der Waals surface area contributed by atoms with Crippen LogP contribution in [-0.2, 0) is 4.79 Å². The summed E-state index contributed by atoms with van der Waals surface area (Å²) in [6.45, 7) is 4.23. The molecule has 1 aromatic carbocycles. The summed E-state index contributed by atoms with van der Waals surface area (Å²) in [6.07, 6.45) is 6.11. The highest BCUT2D eigenvalue weighted by atomic mass is 35.5. The van der Waals surface area contributed by atoms with E-state index in [2.05, 4.69) is 5.32 Å². The second kappa shape index (κ2) is 7.84. The molecular weight excluding hydrogens is 300 g/mol. The third-order valence-corrected chi connectivity index (χ3v) is 4.79. The standard InChI is InChI=1S/C17H26N2O2.ClH/c1-12-6-7-14(13(2)16(12)21)19-15(20)10-17(11-18)8-4-3-5-9-17;/h6-7,21H,3-5,8-11,18H2,1-2H3,(H,19,20);1H. The fraction of sp³-hybridized carbons (Fsp3) is 0.588. The Morgan fingerprint density at radius 3 is 2.50 bits per heavy atom. The Hall–Kier alpha value is -1.26. The highest BCUT2D eigenvalue weighted by Gasteiger charge is 2.33. The van der Waals surface area contributed by atoms with Crippen LogP contribution in [0.15, 0.2) is 12.1 Å². The van der Waals surface area contributed by atoms with Crippen molar-refractivity contribution in [2.45, 2.75) is 52.4 Å². The van der Waals surface area contributed by atoms with Gasteiger partial charge in [-0.1, -0.05) is 25.3 Å². The van der Waals surface area contributed by atoms with Gasteiger partial charge in [-0.15, -0.1) is 12.4 Å². The lowest BCUT2D eigenvalue weighted by Gasteiger charge is -2.35. The quantitative estimate of drug-likeness (QED) is 0.790. The number of amides is 1. The van der Waals surface area contributed by atoms with Crippen molar-refractivity contribution in [3.8, 4) is 5.75 Å². The minimum atomic E-state index is -0.0387. The molecule has 2 rings (SSSR count). The predicted octanol–water partition coefficient (Wildman–Crippen LogP) is 3.67. The second-order valence-corrected chi connectivity index (χ2v) is 6.39. The van der Waals surface area contributed by atoms with E-state index in [4.69, 9.17) is 5.73 Å². The van der Waals surface area contributed by atoms with Crippen molar-refractivity contribution in [3.63, 3.8) is 0 Å². The number of phenolic OH excluding ortho intramolecular Hbond substituents is 1. The van der Waals surface area contributed by atoms with Crippen molar-refractivity contribution >= 4 is 24.0 Å². The van der Waals surface area contributed by atoms with E-state index in [9.17, 15) is 9.90 Å². The first-order valence-corrected chi connectivity index (χ1v) is 7.76. The summed E-state index contributed by atoms with van der Waals surface area (Å²) >= 11 is 0. The van der Waals surface area contributed by atoms with Gasteiger partial charge in [-0.25, -0.2) is 0 Å². The number of carbonyl (C=O) groups is 1. The number of rotatable bonds is 4. The summed E-state index contributed by atoms with van der Waals surface area (Å²) < 4.78 is 0. The Balaban J connectivity index is 0.00000242. The fourth-order valence-electron chi connectivity index (χ4n) is 3.26. The van der Waals surface area contributed by atoms with Gasteiger partial charge in [-0.3, -0.25) is 4.79 Å². The number of hydrogen-bond acceptors (Lipinski definition) is 3. The molecule has 0 spiro atoms. The third-order valence-electron chi connectivity index (χ3n) is 4.79. The number of carbonyl (C=O) groups excluding carboxylic acids is 1. The largest absolute Gasteiger partial charge is 0.507 e. The molecule has 1 aliphatic carbocycles. The monoisotopic (exact) mass is 326 g/mol. The van der Waals surface area contributed by atoms with Gasteiger partial charge in [0.2, 0.25) is 5.91 Å². The van der Waals surface area contributed by atoms with Crippen molar-refractivity contribution in [2.75, 3.05) is 11.9 Å². The maximum absolute atomic E-state index is 12.3. The number of halogens is 1. The van der Waals surface area contributed by atoms with Crippen LogP contribution in [0.3, 0.4) is 0 Å². The number of anilines is 1. The van der Waals surface area contributed by atoms with Gasteiger partial charge in [0, 0.05) is 17.7 Å². The summed E-state index contributed by atoms with van der Waals surface area (Å²) in [5, 5.41) is 12.9. The number of benzene rings is 1. The van der Waals surface area contributed by atoms with Crippen LogP contribution >= 0.6 is 12.4 Å². The van der Waals surface area contributed by atoms with Gasteiger partial charge < -0.3 is 16.2 Å². The Morgan fingerprint density at radius 1 is 1.27 bits per heavy atom. The summed E-state index contributed by atoms with van der Waals surface area (Å²) in [5.41, 5.74) is 8.11. The van der Waals surface area contributed by atoms with Crippen LogP contribution < -0.4 is 11.1 Å². The first-order chi connectivity index (χ1) is 9.97. The molecule has 0 saturated heterocycles. The second-order valence-electron chi connectivity index (χ2n) is 6.39. The van der Waals surface area contributed by atoms with Gasteiger partial charge in [0.05, 0.1) is 0 Å². The lowest BCUT2D eigenvalue weighted by Crippen LogP contribution is -2.36. The molecule has 1 amide bonds. The van der Waals surface area contributed by atoms with Gasteiger partial charge in [0.1, 0.15) is 5.75 Å². The topological polar surface area (TPSA) is 75.4 Å². The smallest absolute Gasteiger partial charge is 0.224 e. The molecule has 0 radical (unpaired) electrons. The van der Waals surface area contributed by atoms with E-state index in [1.165, 1.54) is 6.42 Å². The van der Waals surface area contributed by atoms with E-state index in [1.807, 2.05) is 26.0 Å². The van der Waals surface area contributed by atoms with Gasteiger partial charge in [0.15, 0.2) is 0 Å². The van der Waals surface area contributed by atoms with Gasteiger partial charge in [-0.2, -0.15) is 0 Å². The first-order valence-electron chi connectivity index (χ1n) is 7.76. The van der Waals surface area contributed by atoms with Gasteiger partial charge in [-0.05, 0) is 50.3 Å². The Kier molecular flexibility index (Phi) is 6.69. The number of aryl methyl sites for hydroxylation is 1. The Morgan fingerprint density at radius 2 is 1.91 bits per heavy atom. The summed E-state index contributed by atoms with van der Waals surface area (Å²) in [5.74, 6) is 0.243. The molecule has 4 nitrogen and oxygen atoms in total. The Labute approximate surface area is 138 Å². The summed E-state index contributed by atoms with van der Waals surface area (Å²) in [4.78, 5) is 12.3. The average Bonchev–Trinajstić information content (AvgIpc) is 2.49. The highest BCUT2D eigenvalue weighted by Crippen LogP contribution is 2.38. The maximum atomic E-state index is 12.3. The molecule has 1 aliphatic rings. The molecule has 0 bridgehead atoms. The highest BCUT2D eigenvalue weighted by molar-refractivity contribution is 5.92. The van der Waals surface area contributed by atoms with E-state index in [0.29, 0.717) is 24.2 Å². The van der Waals surface area contributed by atoms with E-state index in [0.717, 1.165) is 31.2 Å². The predicted molar refractivity (Wildman–Crippen MR) is 92.6 cm³/mol. The van der Waals surface area contributed by atoms with Crippen LogP contribution in [0.4, 0.5) is 5.69 Å². The molecule has 1 saturated carbocycles. The Bertz CT molecular complexity index is 526. The number of aromatic hydroxyl groups is 1. The lowest BCUT2D eigenvalue weighted by atomic mass is 9.71.